The van der Waals surface area contributed by atoms with Crippen molar-refractivity contribution in [1.82, 2.24) is 0 Å². The Bertz CT molecular complexity index is 1030. The second-order valence-electron chi connectivity index (χ2n) is 6.12. The van der Waals surface area contributed by atoms with E-state index < -0.39 is 34.6 Å². The van der Waals surface area contributed by atoms with Gasteiger partial charge in [-0.05, 0) is 25.1 Å². The minimum absolute atomic E-state index is 0.0809. The SMILES string of the molecule is COC(=O)c1cc(C(=O)OC(C)C(=O)Nc2ccc3c(c2)OCO3)cc([N+](=O)[O-])c1. The van der Waals surface area contributed by atoms with Crippen molar-refractivity contribution in [3.63, 3.8) is 0 Å². The molecule has 0 bridgehead atoms. The van der Waals surface area contributed by atoms with Crippen molar-refractivity contribution < 1.29 is 38.3 Å². The highest BCUT2D eigenvalue weighted by Gasteiger charge is 2.24. The second kappa shape index (κ2) is 8.47. The third-order valence-electron chi connectivity index (χ3n) is 4.08. The van der Waals surface area contributed by atoms with E-state index in [-0.39, 0.29) is 17.9 Å². The molecule has 0 saturated carbocycles. The summed E-state index contributed by atoms with van der Waals surface area (Å²) in [6.45, 7) is 1.41. The summed E-state index contributed by atoms with van der Waals surface area (Å²) in [5.74, 6) is -1.51. The molecule has 30 heavy (non-hydrogen) atoms. The van der Waals surface area contributed by atoms with E-state index in [4.69, 9.17) is 14.2 Å². The van der Waals surface area contributed by atoms with Crippen molar-refractivity contribution >= 4 is 29.2 Å². The minimum Gasteiger partial charge on any atom is -0.465 e. The maximum absolute atomic E-state index is 12.4. The molecular weight excluding hydrogens is 400 g/mol. The van der Waals surface area contributed by atoms with E-state index in [2.05, 4.69) is 10.1 Å². The first-order chi connectivity index (χ1) is 14.3. The van der Waals surface area contributed by atoms with Gasteiger partial charge in [0.25, 0.3) is 11.6 Å². The van der Waals surface area contributed by atoms with Crippen molar-refractivity contribution in [2.75, 3.05) is 19.2 Å². The monoisotopic (exact) mass is 416 g/mol. The Balaban J connectivity index is 1.71. The van der Waals surface area contributed by atoms with Gasteiger partial charge in [-0.2, -0.15) is 0 Å². The molecule has 1 heterocycles. The molecule has 3 rings (SSSR count). The van der Waals surface area contributed by atoms with Gasteiger partial charge in [0.05, 0.1) is 23.2 Å². The number of amides is 1. The van der Waals surface area contributed by atoms with Gasteiger partial charge in [-0.25, -0.2) is 9.59 Å². The Morgan fingerprint density at radius 3 is 2.40 bits per heavy atom. The van der Waals surface area contributed by atoms with E-state index in [0.29, 0.717) is 17.2 Å². The molecule has 1 unspecified atom stereocenters. The molecule has 0 radical (unpaired) electrons. The molecule has 0 saturated heterocycles. The summed E-state index contributed by atoms with van der Waals surface area (Å²) in [6.07, 6.45) is -1.23. The Labute approximate surface area is 169 Å². The fraction of sp³-hybridized carbons (Fsp3) is 0.211. The smallest absolute Gasteiger partial charge is 0.339 e. The number of methoxy groups -OCH3 is 1. The quantitative estimate of drug-likeness (QED) is 0.426. The number of ether oxygens (including phenoxy) is 4. The van der Waals surface area contributed by atoms with E-state index in [1.54, 1.807) is 18.2 Å². The highest BCUT2D eigenvalue weighted by molar-refractivity contribution is 5.99. The van der Waals surface area contributed by atoms with Gasteiger partial charge in [-0.15, -0.1) is 0 Å². The molecular formula is C19H16N2O9. The molecule has 0 spiro atoms. The van der Waals surface area contributed by atoms with E-state index in [9.17, 15) is 24.5 Å². The van der Waals surface area contributed by atoms with Crippen LogP contribution in [0.1, 0.15) is 27.6 Å². The molecule has 1 atom stereocenters. The van der Waals surface area contributed by atoms with Gasteiger partial charge in [-0.1, -0.05) is 0 Å². The summed E-state index contributed by atoms with van der Waals surface area (Å²) in [4.78, 5) is 46.7. The van der Waals surface area contributed by atoms with Crippen LogP contribution < -0.4 is 14.8 Å². The standard InChI is InChI=1S/C19H16N2O9/c1-10(17(22)20-13-3-4-15-16(8-13)29-9-28-15)30-19(24)12-5-11(18(23)27-2)6-14(7-12)21(25)26/h3-8,10H,9H2,1-2H3,(H,20,22). The Hall–Kier alpha value is -4.15. The maximum atomic E-state index is 12.4. The summed E-state index contributed by atoms with van der Waals surface area (Å²) in [7, 11) is 1.10. The van der Waals surface area contributed by atoms with Crippen LogP contribution in [0, 0.1) is 10.1 Å². The van der Waals surface area contributed by atoms with Crippen LogP contribution in [-0.4, -0.2) is 42.8 Å². The molecule has 2 aromatic rings. The van der Waals surface area contributed by atoms with Gasteiger partial charge >= 0.3 is 11.9 Å². The average molecular weight is 416 g/mol. The third-order valence-corrected chi connectivity index (χ3v) is 4.08. The Morgan fingerprint density at radius 1 is 1.07 bits per heavy atom. The van der Waals surface area contributed by atoms with Crippen molar-refractivity contribution in [3.05, 3.63) is 57.6 Å². The first-order valence-corrected chi connectivity index (χ1v) is 8.58. The lowest BCUT2D eigenvalue weighted by Gasteiger charge is -2.14. The molecule has 1 aliphatic rings. The van der Waals surface area contributed by atoms with Crippen LogP contribution in [0.5, 0.6) is 11.5 Å². The largest absolute Gasteiger partial charge is 0.465 e. The van der Waals surface area contributed by atoms with Crippen LogP contribution in [0.2, 0.25) is 0 Å². The summed E-state index contributed by atoms with van der Waals surface area (Å²) in [5, 5.41) is 13.6. The highest BCUT2D eigenvalue weighted by atomic mass is 16.7. The van der Waals surface area contributed by atoms with Gasteiger partial charge in [0.1, 0.15) is 0 Å². The van der Waals surface area contributed by atoms with Gasteiger partial charge in [0.15, 0.2) is 17.6 Å². The number of rotatable bonds is 6. The highest BCUT2D eigenvalue weighted by Crippen LogP contribution is 2.34. The van der Waals surface area contributed by atoms with Crippen molar-refractivity contribution in [1.29, 1.82) is 0 Å². The molecule has 1 N–H and O–H groups in total. The van der Waals surface area contributed by atoms with Crippen LogP contribution in [0.15, 0.2) is 36.4 Å². The molecule has 1 amide bonds. The number of nitro groups is 1. The number of nitro benzene ring substituents is 1. The zero-order chi connectivity index (χ0) is 21.8. The number of nitrogens with zero attached hydrogens (tertiary/aromatic N) is 1. The van der Waals surface area contributed by atoms with Crippen molar-refractivity contribution in [3.8, 4) is 11.5 Å². The number of carbonyl (C=O) groups excluding carboxylic acids is 3. The Morgan fingerprint density at radius 2 is 1.73 bits per heavy atom. The van der Waals surface area contributed by atoms with E-state index in [0.717, 1.165) is 25.3 Å². The van der Waals surface area contributed by atoms with Crippen LogP contribution in [0.4, 0.5) is 11.4 Å². The Kier molecular flexibility index (Phi) is 5.81. The van der Waals surface area contributed by atoms with Gasteiger partial charge in [0.2, 0.25) is 6.79 Å². The van der Waals surface area contributed by atoms with E-state index in [1.807, 2.05) is 0 Å². The third kappa shape index (κ3) is 4.46. The number of non-ortho nitro benzene ring substituents is 1. The fourth-order valence-electron chi connectivity index (χ4n) is 2.57. The van der Waals surface area contributed by atoms with Crippen LogP contribution in [-0.2, 0) is 14.3 Å². The first kappa shape index (κ1) is 20.6. The second-order valence-corrected chi connectivity index (χ2v) is 6.12. The first-order valence-electron chi connectivity index (χ1n) is 8.58. The van der Waals surface area contributed by atoms with Crippen molar-refractivity contribution in [2.24, 2.45) is 0 Å². The lowest BCUT2D eigenvalue weighted by Crippen LogP contribution is -2.30. The summed E-state index contributed by atoms with van der Waals surface area (Å²) in [6, 6.07) is 7.76. The van der Waals surface area contributed by atoms with Crippen molar-refractivity contribution in [2.45, 2.75) is 13.0 Å². The number of carbonyl (C=O) groups is 3. The van der Waals surface area contributed by atoms with Crippen LogP contribution >= 0.6 is 0 Å². The normalized spacial score (nSPS) is 12.6. The molecule has 0 fully saturated rings. The number of benzene rings is 2. The van der Waals surface area contributed by atoms with Gasteiger partial charge in [0, 0.05) is 23.9 Å². The van der Waals surface area contributed by atoms with Crippen LogP contribution in [0.3, 0.4) is 0 Å². The van der Waals surface area contributed by atoms with E-state index >= 15 is 0 Å². The predicted molar refractivity (Wildman–Crippen MR) is 101 cm³/mol. The molecule has 11 heteroatoms. The zero-order valence-corrected chi connectivity index (χ0v) is 15.9. The number of fused-ring (bicyclic) bond motifs is 1. The zero-order valence-electron chi connectivity index (χ0n) is 15.9. The summed E-state index contributed by atoms with van der Waals surface area (Å²) in [5.41, 5.74) is -0.568. The maximum Gasteiger partial charge on any atom is 0.339 e. The van der Waals surface area contributed by atoms with Crippen LogP contribution in [0.25, 0.3) is 0 Å². The van der Waals surface area contributed by atoms with E-state index in [1.165, 1.54) is 6.92 Å². The lowest BCUT2D eigenvalue weighted by molar-refractivity contribution is -0.384. The fourth-order valence-corrected chi connectivity index (χ4v) is 2.57. The number of hydrogen-bond donors (Lipinski definition) is 1. The molecule has 0 aromatic heterocycles. The van der Waals surface area contributed by atoms with Gasteiger partial charge in [-0.3, -0.25) is 14.9 Å². The number of nitrogens with one attached hydrogen (secondary N) is 1. The molecule has 11 nitrogen and oxygen atoms in total. The molecule has 0 aliphatic carbocycles. The predicted octanol–water partition coefficient (Wildman–Crippen LogP) is 2.29. The lowest BCUT2D eigenvalue weighted by atomic mass is 10.1. The topological polar surface area (TPSA) is 143 Å². The number of esters is 2. The summed E-state index contributed by atoms with van der Waals surface area (Å²) >= 11 is 0. The number of hydrogen-bond acceptors (Lipinski definition) is 9. The molecule has 1 aliphatic heterocycles. The molecule has 156 valence electrons. The number of anilines is 1. The average Bonchev–Trinajstić information content (AvgIpc) is 3.20. The summed E-state index contributed by atoms with van der Waals surface area (Å²) < 4.78 is 20.0. The minimum atomic E-state index is -1.23. The molecule has 2 aromatic carbocycles. The van der Waals surface area contributed by atoms with Gasteiger partial charge < -0.3 is 24.3 Å².